The van der Waals surface area contributed by atoms with Gasteiger partial charge in [0.05, 0.1) is 35.1 Å². The summed E-state index contributed by atoms with van der Waals surface area (Å²) in [5.74, 6) is -0.00625. The molecule has 1 aliphatic heterocycles. The lowest BCUT2D eigenvalue weighted by molar-refractivity contribution is -0.143. The number of esters is 1. The van der Waals surface area contributed by atoms with Crippen molar-refractivity contribution in [2.45, 2.75) is 39.5 Å². The highest BCUT2D eigenvalue weighted by Gasteiger charge is 2.33. The van der Waals surface area contributed by atoms with Gasteiger partial charge in [-0.3, -0.25) is 9.36 Å². The Kier molecular flexibility index (Phi) is 7.35. The summed E-state index contributed by atoms with van der Waals surface area (Å²) in [5, 5.41) is 0. The van der Waals surface area contributed by atoms with Gasteiger partial charge >= 0.3 is 12.6 Å². The van der Waals surface area contributed by atoms with Gasteiger partial charge in [0.1, 0.15) is 11.5 Å². The minimum absolute atomic E-state index is 0.0533. The molecule has 0 spiro atoms. The average Bonchev–Trinajstić information content (AvgIpc) is 3.13. The number of halogens is 2. The number of thiazole rings is 1. The Morgan fingerprint density at radius 2 is 1.83 bits per heavy atom. The first-order valence-electron chi connectivity index (χ1n) is 11.1. The summed E-state index contributed by atoms with van der Waals surface area (Å²) in [6.45, 7) is 2.17. The number of alkyl halides is 2. The molecule has 0 N–H and O–H groups in total. The van der Waals surface area contributed by atoms with Gasteiger partial charge in [-0.25, -0.2) is 9.79 Å². The summed E-state index contributed by atoms with van der Waals surface area (Å²) in [5.41, 5.74) is 1.23. The van der Waals surface area contributed by atoms with Gasteiger partial charge in [0.15, 0.2) is 4.80 Å². The van der Waals surface area contributed by atoms with Crippen molar-refractivity contribution in [3.8, 4) is 11.5 Å². The number of rotatable bonds is 7. The SMILES string of the molecule is COc1ccc([C@@H]2C(C(=O)OC(C)C)=C(C)N=c3s/c(=C/c4ccccc4OC(F)F)c(=O)n32)cc1. The van der Waals surface area contributed by atoms with Crippen LogP contribution in [0.2, 0.25) is 0 Å². The maximum absolute atomic E-state index is 13.6. The fourth-order valence-electron chi connectivity index (χ4n) is 3.91. The minimum atomic E-state index is -3.01. The number of carbonyl (C=O) groups is 1. The van der Waals surface area contributed by atoms with Crippen LogP contribution in [-0.2, 0) is 9.53 Å². The van der Waals surface area contributed by atoms with E-state index in [-0.39, 0.29) is 22.0 Å². The Labute approximate surface area is 209 Å². The zero-order chi connectivity index (χ0) is 26.0. The Balaban J connectivity index is 1.92. The summed E-state index contributed by atoms with van der Waals surface area (Å²) in [6.07, 6.45) is 1.11. The molecule has 0 aliphatic carbocycles. The summed E-state index contributed by atoms with van der Waals surface area (Å²) in [4.78, 5) is 31.7. The molecule has 3 aromatic rings. The van der Waals surface area contributed by atoms with Crippen LogP contribution in [0.5, 0.6) is 11.5 Å². The summed E-state index contributed by atoms with van der Waals surface area (Å²) in [6, 6.07) is 12.4. The Hall–Kier alpha value is -3.79. The van der Waals surface area contributed by atoms with Crippen LogP contribution in [-0.4, -0.2) is 30.4 Å². The van der Waals surface area contributed by atoms with Crippen LogP contribution in [0, 0.1) is 0 Å². The molecule has 10 heteroatoms. The highest BCUT2D eigenvalue weighted by atomic mass is 32.1. The Morgan fingerprint density at radius 1 is 1.14 bits per heavy atom. The van der Waals surface area contributed by atoms with E-state index >= 15 is 0 Å². The van der Waals surface area contributed by atoms with Crippen molar-refractivity contribution >= 4 is 23.4 Å². The van der Waals surface area contributed by atoms with E-state index in [4.69, 9.17) is 9.47 Å². The van der Waals surface area contributed by atoms with E-state index in [1.165, 1.54) is 16.7 Å². The number of hydrogen-bond acceptors (Lipinski definition) is 7. The zero-order valence-corrected chi connectivity index (χ0v) is 20.8. The lowest BCUT2D eigenvalue weighted by atomic mass is 9.96. The number of allylic oxidation sites excluding steroid dienone is 1. The molecule has 0 fully saturated rings. The minimum Gasteiger partial charge on any atom is -0.497 e. The van der Waals surface area contributed by atoms with Crippen LogP contribution in [0.3, 0.4) is 0 Å². The van der Waals surface area contributed by atoms with Gasteiger partial charge in [-0.15, -0.1) is 0 Å². The van der Waals surface area contributed by atoms with Crippen LogP contribution in [0.4, 0.5) is 8.78 Å². The number of fused-ring (bicyclic) bond motifs is 1. The highest BCUT2D eigenvalue weighted by molar-refractivity contribution is 7.07. The summed E-state index contributed by atoms with van der Waals surface area (Å²) in [7, 11) is 1.54. The smallest absolute Gasteiger partial charge is 0.387 e. The van der Waals surface area contributed by atoms with Gasteiger partial charge in [-0.05, 0) is 50.6 Å². The van der Waals surface area contributed by atoms with E-state index in [2.05, 4.69) is 9.73 Å². The number of carbonyl (C=O) groups excluding carboxylic acids is 1. The third kappa shape index (κ3) is 5.08. The van der Waals surface area contributed by atoms with E-state index in [9.17, 15) is 18.4 Å². The largest absolute Gasteiger partial charge is 0.497 e. The van der Waals surface area contributed by atoms with Crippen LogP contribution < -0.4 is 24.4 Å². The molecular weight excluding hydrogens is 490 g/mol. The maximum Gasteiger partial charge on any atom is 0.387 e. The van der Waals surface area contributed by atoms with E-state index < -0.39 is 24.2 Å². The molecule has 0 radical (unpaired) electrons. The number of hydrogen-bond donors (Lipinski definition) is 0. The maximum atomic E-state index is 13.6. The second kappa shape index (κ2) is 10.4. The molecule has 0 bridgehead atoms. The molecule has 0 saturated carbocycles. The molecule has 1 atom stereocenters. The van der Waals surface area contributed by atoms with Gasteiger partial charge < -0.3 is 14.2 Å². The van der Waals surface area contributed by atoms with Crippen molar-refractivity contribution in [2.24, 2.45) is 4.99 Å². The molecule has 1 aliphatic rings. The van der Waals surface area contributed by atoms with Crippen molar-refractivity contribution < 1.29 is 27.8 Å². The number of nitrogens with zero attached hydrogens (tertiary/aromatic N) is 2. The molecule has 2 heterocycles. The quantitative estimate of drug-likeness (QED) is 0.449. The molecule has 0 amide bonds. The second-order valence-corrected chi connectivity index (χ2v) is 9.23. The van der Waals surface area contributed by atoms with E-state index in [0.717, 1.165) is 11.3 Å². The average molecular weight is 515 g/mol. The first-order valence-corrected chi connectivity index (χ1v) is 11.9. The topological polar surface area (TPSA) is 79.1 Å². The lowest BCUT2D eigenvalue weighted by Crippen LogP contribution is -2.40. The van der Waals surface area contributed by atoms with Crippen molar-refractivity contribution in [3.05, 3.63) is 90.6 Å². The fourth-order valence-corrected chi connectivity index (χ4v) is 4.94. The van der Waals surface area contributed by atoms with Gasteiger partial charge in [-0.1, -0.05) is 41.7 Å². The van der Waals surface area contributed by atoms with Crippen LogP contribution in [0.1, 0.15) is 37.9 Å². The first-order chi connectivity index (χ1) is 17.2. The lowest BCUT2D eigenvalue weighted by Gasteiger charge is -2.25. The summed E-state index contributed by atoms with van der Waals surface area (Å²) >= 11 is 1.10. The third-order valence-electron chi connectivity index (χ3n) is 5.44. The number of ether oxygens (including phenoxy) is 3. The number of para-hydroxylation sites is 1. The Bertz CT molecular complexity index is 1490. The molecule has 0 saturated heterocycles. The molecule has 7 nitrogen and oxygen atoms in total. The van der Waals surface area contributed by atoms with Crippen LogP contribution in [0.15, 0.2) is 69.6 Å². The fraction of sp³-hybridized carbons (Fsp3) is 0.269. The standard InChI is InChI=1S/C26H24F2N2O5S/c1-14(2)34-24(32)21-15(3)29-26-30(22(21)16-9-11-18(33-4)12-10-16)23(31)20(36-26)13-17-7-5-6-8-19(17)35-25(27)28/h5-14,22,25H,1-4H3/b20-13+/t22-/m1/s1. The van der Waals surface area contributed by atoms with Gasteiger partial charge in [0.2, 0.25) is 0 Å². The number of benzene rings is 2. The second-order valence-electron chi connectivity index (χ2n) is 8.23. The van der Waals surface area contributed by atoms with Crippen molar-refractivity contribution in [1.82, 2.24) is 4.57 Å². The number of aromatic nitrogens is 1. The monoisotopic (exact) mass is 514 g/mol. The van der Waals surface area contributed by atoms with E-state index in [1.807, 2.05) is 0 Å². The van der Waals surface area contributed by atoms with Crippen LogP contribution in [0.25, 0.3) is 6.08 Å². The molecule has 0 unspecified atom stereocenters. The molecule has 2 aromatic carbocycles. The van der Waals surface area contributed by atoms with Crippen molar-refractivity contribution in [1.29, 1.82) is 0 Å². The zero-order valence-electron chi connectivity index (χ0n) is 20.0. The molecule has 188 valence electrons. The predicted molar refractivity (Wildman–Crippen MR) is 131 cm³/mol. The molecule has 36 heavy (non-hydrogen) atoms. The predicted octanol–water partition coefficient (Wildman–Crippen LogP) is 3.80. The van der Waals surface area contributed by atoms with Gasteiger partial charge in [0.25, 0.3) is 5.56 Å². The summed E-state index contributed by atoms with van der Waals surface area (Å²) < 4.78 is 42.8. The van der Waals surface area contributed by atoms with Crippen molar-refractivity contribution in [2.75, 3.05) is 7.11 Å². The van der Waals surface area contributed by atoms with Crippen LogP contribution >= 0.6 is 11.3 Å². The molecular formula is C26H24F2N2O5S. The number of methoxy groups -OCH3 is 1. The third-order valence-corrected chi connectivity index (χ3v) is 6.42. The highest BCUT2D eigenvalue weighted by Crippen LogP contribution is 2.32. The van der Waals surface area contributed by atoms with Gasteiger partial charge in [-0.2, -0.15) is 8.78 Å². The molecule has 4 rings (SSSR count). The van der Waals surface area contributed by atoms with E-state index in [0.29, 0.717) is 27.4 Å². The van der Waals surface area contributed by atoms with E-state index in [1.54, 1.807) is 70.3 Å². The van der Waals surface area contributed by atoms with Gasteiger partial charge in [0, 0.05) is 5.56 Å². The normalized spacial score (nSPS) is 15.7. The Morgan fingerprint density at radius 3 is 2.47 bits per heavy atom. The molecule has 1 aromatic heterocycles. The first kappa shape index (κ1) is 25.3. The van der Waals surface area contributed by atoms with Crippen molar-refractivity contribution in [3.63, 3.8) is 0 Å².